The molecule has 2 fully saturated rings. The second kappa shape index (κ2) is 7.59. The van der Waals surface area contributed by atoms with Crippen LogP contribution in [0.15, 0.2) is 24.5 Å². The number of ether oxygens (including phenoxy) is 1. The highest BCUT2D eigenvalue weighted by Crippen LogP contribution is 2.22. The molecule has 0 aliphatic carbocycles. The highest BCUT2D eigenvalue weighted by Gasteiger charge is 2.27. The zero-order valence-corrected chi connectivity index (χ0v) is 15.6. The number of hydrogen-bond donors (Lipinski definition) is 0. The molecule has 26 heavy (non-hydrogen) atoms. The number of rotatable bonds is 5. The molecule has 0 saturated carbocycles. The third kappa shape index (κ3) is 3.66. The van der Waals surface area contributed by atoms with E-state index in [0.29, 0.717) is 6.04 Å². The van der Waals surface area contributed by atoms with Crippen LogP contribution in [0.25, 0.3) is 0 Å². The first-order chi connectivity index (χ1) is 12.7. The SMILES string of the molecule is CN(c1ccnc(N2CCOCC2)n1)C1CCN(Cc2ccnn2C)C1. The molecular formula is C18H27N7O. The van der Waals surface area contributed by atoms with Gasteiger partial charge in [-0.15, -0.1) is 0 Å². The van der Waals surface area contributed by atoms with Crippen LogP contribution in [0.2, 0.25) is 0 Å². The lowest BCUT2D eigenvalue weighted by atomic mass is 10.2. The van der Waals surface area contributed by atoms with Crippen molar-refractivity contribution in [1.82, 2.24) is 24.6 Å². The zero-order chi connectivity index (χ0) is 17.9. The van der Waals surface area contributed by atoms with Crippen LogP contribution >= 0.6 is 0 Å². The normalized spacial score (nSPS) is 21.3. The summed E-state index contributed by atoms with van der Waals surface area (Å²) in [6.45, 7) is 6.29. The first-order valence-corrected chi connectivity index (χ1v) is 9.28. The lowest BCUT2D eigenvalue weighted by Crippen LogP contribution is -2.38. The minimum absolute atomic E-state index is 0.468. The van der Waals surface area contributed by atoms with Gasteiger partial charge in [-0.3, -0.25) is 9.58 Å². The molecule has 2 aromatic rings. The minimum atomic E-state index is 0.468. The topological polar surface area (TPSA) is 62.6 Å². The van der Waals surface area contributed by atoms with Crippen LogP contribution in [-0.2, 0) is 18.3 Å². The Morgan fingerprint density at radius 2 is 2.04 bits per heavy atom. The third-order valence-corrected chi connectivity index (χ3v) is 5.39. The standard InChI is InChI=1S/C18H27N7O/c1-22(15-5-8-24(13-15)14-16-3-7-20-23(16)2)17-4-6-19-18(21-17)25-9-11-26-12-10-25/h3-4,6-7,15H,5,8-14H2,1-2H3. The molecule has 1 unspecified atom stereocenters. The largest absolute Gasteiger partial charge is 0.378 e. The van der Waals surface area contributed by atoms with E-state index in [1.165, 1.54) is 5.69 Å². The summed E-state index contributed by atoms with van der Waals surface area (Å²) in [4.78, 5) is 16.3. The molecule has 4 heterocycles. The summed E-state index contributed by atoms with van der Waals surface area (Å²) in [6.07, 6.45) is 4.88. The monoisotopic (exact) mass is 357 g/mol. The van der Waals surface area contributed by atoms with E-state index in [9.17, 15) is 0 Å². The van der Waals surface area contributed by atoms with Gasteiger partial charge in [0, 0.05) is 65.3 Å². The number of morpholine rings is 1. The molecule has 2 aliphatic heterocycles. The van der Waals surface area contributed by atoms with Crippen LogP contribution in [0.1, 0.15) is 12.1 Å². The maximum absolute atomic E-state index is 5.42. The van der Waals surface area contributed by atoms with Gasteiger partial charge < -0.3 is 14.5 Å². The molecule has 2 saturated heterocycles. The lowest BCUT2D eigenvalue weighted by molar-refractivity contribution is 0.122. The highest BCUT2D eigenvalue weighted by molar-refractivity contribution is 5.44. The van der Waals surface area contributed by atoms with Crippen LogP contribution in [-0.4, -0.2) is 77.1 Å². The molecule has 2 aliphatic rings. The Bertz CT molecular complexity index is 728. The fraction of sp³-hybridized carbons (Fsp3) is 0.611. The van der Waals surface area contributed by atoms with Crippen molar-refractivity contribution >= 4 is 11.8 Å². The molecule has 1 atom stereocenters. The van der Waals surface area contributed by atoms with Crippen LogP contribution < -0.4 is 9.80 Å². The maximum atomic E-state index is 5.42. The van der Waals surface area contributed by atoms with Gasteiger partial charge in [-0.1, -0.05) is 0 Å². The summed E-state index contributed by atoms with van der Waals surface area (Å²) in [7, 11) is 4.15. The number of anilines is 2. The van der Waals surface area contributed by atoms with Gasteiger partial charge >= 0.3 is 0 Å². The predicted molar refractivity (Wildman–Crippen MR) is 100 cm³/mol. The molecular weight excluding hydrogens is 330 g/mol. The van der Waals surface area contributed by atoms with Gasteiger partial charge in [-0.05, 0) is 18.6 Å². The van der Waals surface area contributed by atoms with Gasteiger partial charge in [0.1, 0.15) is 5.82 Å². The molecule has 8 nitrogen and oxygen atoms in total. The lowest BCUT2D eigenvalue weighted by Gasteiger charge is -2.29. The van der Waals surface area contributed by atoms with Crippen LogP contribution in [0.4, 0.5) is 11.8 Å². The van der Waals surface area contributed by atoms with E-state index < -0.39 is 0 Å². The number of hydrogen-bond acceptors (Lipinski definition) is 7. The van der Waals surface area contributed by atoms with Gasteiger partial charge in [0.2, 0.25) is 5.95 Å². The van der Waals surface area contributed by atoms with Gasteiger partial charge in [0.05, 0.1) is 18.9 Å². The van der Waals surface area contributed by atoms with Crippen LogP contribution in [0.5, 0.6) is 0 Å². The van der Waals surface area contributed by atoms with E-state index in [-0.39, 0.29) is 0 Å². The van der Waals surface area contributed by atoms with E-state index in [2.05, 4.69) is 37.9 Å². The van der Waals surface area contributed by atoms with Gasteiger partial charge in [-0.2, -0.15) is 10.1 Å². The molecule has 0 amide bonds. The molecule has 8 heteroatoms. The maximum Gasteiger partial charge on any atom is 0.227 e. The molecule has 0 aromatic carbocycles. The van der Waals surface area contributed by atoms with Crippen molar-refractivity contribution in [3.05, 3.63) is 30.2 Å². The number of aryl methyl sites for hydroxylation is 1. The number of aromatic nitrogens is 4. The van der Waals surface area contributed by atoms with Gasteiger partial charge in [0.15, 0.2) is 0 Å². The fourth-order valence-corrected chi connectivity index (χ4v) is 3.70. The minimum Gasteiger partial charge on any atom is -0.378 e. The fourth-order valence-electron chi connectivity index (χ4n) is 3.70. The molecule has 2 aromatic heterocycles. The Hall–Kier alpha value is -2.19. The van der Waals surface area contributed by atoms with E-state index in [1.54, 1.807) is 0 Å². The van der Waals surface area contributed by atoms with Crippen molar-refractivity contribution in [3.63, 3.8) is 0 Å². The quantitative estimate of drug-likeness (QED) is 0.783. The van der Waals surface area contributed by atoms with Crippen LogP contribution in [0.3, 0.4) is 0 Å². The van der Waals surface area contributed by atoms with Crippen molar-refractivity contribution in [2.24, 2.45) is 7.05 Å². The Morgan fingerprint density at radius 1 is 1.19 bits per heavy atom. The first-order valence-electron chi connectivity index (χ1n) is 9.28. The van der Waals surface area contributed by atoms with Gasteiger partial charge in [-0.25, -0.2) is 4.98 Å². The summed E-state index contributed by atoms with van der Waals surface area (Å²) in [5.74, 6) is 1.80. The van der Waals surface area contributed by atoms with E-state index in [4.69, 9.17) is 9.72 Å². The Kier molecular flexibility index (Phi) is 5.03. The summed E-state index contributed by atoms with van der Waals surface area (Å²) in [5, 5.41) is 4.26. The molecule has 0 radical (unpaired) electrons. The molecule has 0 bridgehead atoms. The zero-order valence-electron chi connectivity index (χ0n) is 15.6. The molecule has 140 valence electrons. The average molecular weight is 357 g/mol. The second-order valence-electron chi connectivity index (χ2n) is 7.05. The Balaban J connectivity index is 1.40. The summed E-state index contributed by atoms with van der Waals surface area (Å²) in [6, 6.07) is 4.57. The van der Waals surface area contributed by atoms with Crippen molar-refractivity contribution in [3.8, 4) is 0 Å². The van der Waals surface area contributed by atoms with Crippen LogP contribution in [0, 0.1) is 0 Å². The number of likely N-dealkylation sites (N-methyl/N-ethyl adjacent to an activating group) is 1. The second-order valence-corrected chi connectivity index (χ2v) is 7.05. The van der Waals surface area contributed by atoms with Crippen molar-refractivity contribution in [2.75, 3.05) is 56.2 Å². The number of nitrogens with zero attached hydrogens (tertiary/aromatic N) is 7. The Morgan fingerprint density at radius 3 is 2.81 bits per heavy atom. The van der Waals surface area contributed by atoms with E-state index in [1.807, 2.05) is 30.2 Å². The molecule has 0 N–H and O–H groups in total. The van der Waals surface area contributed by atoms with Gasteiger partial charge in [0.25, 0.3) is 0 Å². The average Bonchev–Trinajstić information content (AvgIpc) is 3.32. The third-order valence-electron chi connectivity index (χ3n) is 5.39. The number of likely N-dealkylation sites (tertiary alicyclic amines) is 1. The van der Waals surface area contributed by atoms with Crippen molar-refractivity contribution < 1.29 is 4.74 Å². The first kappa shape index (κ1) is 17.2. The van der Waals surface area contributed by atoms with Crippen molar-refractivity contribution in [2.45, 2.75) is 19.0 Å². The molecule has 4 rings (SSSR count). The van der Waals surface area contributed by atoms with E-state index >= 15 is 0 Å². The summed E-state index contributed by atoms with van der Waals surface area (Å²) >= 11 is 0. The summed E-state index contributed by atoms with van der Waals surface area (Å²) in [5.41, 5.74) is 1.25. The molecule has 0 spiro atoms. The Labute approximate surface area is 154 Å². The summed E-state index contributed by atoms with van der Waals surface area (Å²) < 4.78 is 7.38. The van der Waals surface area contributed by atoms with E-state index in [0.717, 1.165) is 64.1 Å². The predicted octanol–water partition coefficient (Wildman–Crippen LogP) is 0.757. The smallest absolute Gasteiger partial charge is 0.227 e. The highest BCUT2D eigenvalue weighted by atomic mass is 16.5. The van der Waals surface area contributed by atoms with Crippen molar-refractivity contribution in [1.29, 1.82) is 0 Å².